The van der Waals surface area contributed by atoms with Crippen LogP contribution in [0.2, 0.25) is 0 Å². The van der Waals surface area contributed by atoms with Gasteiger partial charge in [-0.05, 0) is 22.6 Å². The summed E-state index contributed by atoms with van der Waals surface area (Å²) in [6.07, 6.45) is 6.41. The third-order valence-corrected chi connectivity index (χ3v) is 3.22. The van der Waals surface area contributed by atoms with Gasteiger partial charge in [0.1, 0.15) is 11.3 Å². The van der Waals surface area contributed by atoms with Gasteiger partial charge in [-0.1, -0.05) is 0 Å². The topological polar surface area (TPSA) is 122 Å². The molecule has 1 aliphatic rings. The van der Waals surface area contributed by atoms with Gasteiger partial charge in [0.25, 0.3) is 0 Å². The fourth-order valence-corrected chi connectivity index (χ4v) is 2.20. The molecule has 3 aromatic rings. The second kappa shape index (κ2) is 5.92. The van der Waals surface area contributed by atoms with Crippen molar-refractivity contribution in [1.29, 1.82) is 0 Å². The highest BCUT2D eigenvalue weighted by Crippen LogP contribution is 2.36. The smallest absolute Gasteiger partial charge is 0.337 e. The van der Waals surface area contributed by atoms with Crippen molar-refractivity contribution in [2.24, 2.45) is 0 Å². The largest absolute Gasteiger partial charge is 0.422 e. The van der Waals surface area contributed by atoms with E-state index < -0.39 is 11.9 Å². The van der Waals surface area contributed by atoms with Gasteiger partial charge in [-0.2, -0.15) is 4.68 Å². The predicted octanol–water partition coefficient (Wildman–Crippen LogP) is 0.500. The van der Waals surface area contributed by atoms with Crippen molar-refractivity contribution in [3.05, 3.63) is 48.9 Å². The summed E-state index contributed by atoms with van der Waals surface area (Å²) in [6, 6.07) is 4.90. The van der Waals surface area contributed by atoms with Crippen molar-refractivity contribution in [2.75, 3.05) is 0 Å². The first-order valence-corrected chi connectivity index (χ1v) is 7.02. The van der Waals surface area contributed by atoms with E-state index in [4.69, 9.17) is 9.47 Å². The first kappa shape index (κ1) is 14.6. The maximum absolute atomic E-state index is 11.8. The predicted molar refractivity (Wildman–Crippen MR) is 80.6 cm³/mol. The van der Waals surface area contributed by atoms with Gasteiger partial charge in [-0.3, -0.25) is 4.98 Å². The number of ether oxygens (including phenoxy) is 2. The minimum absolute atomic E-state index is 0.0817. The standard InChI is InChI=1S/C15H8N6O4/c22-11-3-4-12(23)25-15-13(10(24-11)5-7-17-15)14-18-19-20-21(14)9-2-1-6-16-8-9/h1-8H/b4-3+. The third kappa shape index (κ3) is 2.72. The van der Waals surface area contributed by atoms with Crippen LogP contribution in [-0.4, -0.2) is 42.1 Å². The maximum atomic E-state index is 11.8. The lowest BCUT2D eigenvalue weighted by molar-refractivity contribution is -0.131. The lowest BCUT2D eigenvalue weighted by Crippen LogP contribution is -2.08. The van der Waals surface area contributed by atoms with Crippen molar-refractivity contribution in [2.45, 2.75) is 0 Å². The van der Waals surface area contributed by atoms with Crippen LogP contribution in [-0.2, 0) is 9.59 Å². The van der Waals surface area contributed by atoms with E-state index in [1.54, 1.807) is 24.5 Å². The molecule has 0 aliphatic carbocycles. The number of carbonyl (C=O) groups excluding carboxylic acids is 2. The molecule has 10 nitrogen and oxygen atoms in total. The fourth-order valence-electron chi connectivity index (χ4n) is 2.20. The summed E-state index contributed by atoms with van der Waals surface area (Å²) in [5.41, 5.74) is 0.732. The Labute approximate surface area is 139 Å². The summed E-state index contributed by atoms with van der Waals surface area (Å²) in [6.45, 7) is 0. The lowest BCUT2D eigenvalue weighted by Gasteiger charge is -2.11. The van der Waals surface area contributed by atoms with Crippen molar-refractivity contribution in [3.8, 4) is 28.7 Å². The Morgan fingerprint density at radius 2 is 1.84 bits per heavy atom. The van der Waals surface area contributed by atoms with E-state index in [9.17, 15) is 9.59 Å². The fraction of sp³-hybridized carbons (Fsp3) is 0. The number of fused-ring (bicyclic) bond motifs is 2. The van der Waals surface area contributed by atoms with Crippen LogP contribution in [0.5, 0.6) is 11.6 Å². The van der Waals surface area contributed by atoms with E-state index in [0.717, 1.165) is 12.2 Å². The summed E-state index contributed by atoms with van der Waals surface area (Å²) in [7, 11) is 0. The number of nitrogens with zero attached hydrogens (tertiary/aromatic N) is 6. The Bertz CT molecular complexity index is 960. The molecule has 122 valence electrons. The Balaban J connectivity index is 1.93. The minimum atomic E-state index is -0.773. The lowest BCUT2D eigenvalue weighted by atomic mass is 10.2. The Kier molecular flexibility index (Phi) is 3.47. The zero-order valence-electron chi connectivity index (χ0n) is 12.4. The van der Waals surface area contributed by atoms with Crippen LogP contribution in [0.25, 0.3) is 17.1 Å². The quantitative estimate of drug-likeness (QED) is 0.615. The number of tetrazole rings is 1. The molecule has 0 atom stereocenters. The third-order valence-electron chi connectivity index (χ3n) is 3.22. The minimum Gasteiger partial charge on any atom is -0.422 e. The molecule has 0 saturated carbocycles. The second-order valence-corrected chi connectivity index (χ2v) is 4.79. The van der Waals surface area contributed by atoms with Crippen molar-refractivity contribution in [3.63, 3.8) is 0 Å². The number of carbonyl (C=O) groups is 2. The average Bonchev–Trinajstić information content (AvgIpc) is 3.10. The van der Waals surface area contributed by atoms with Gasteiger partial charge in [0.15, 0.2) is 5.82 Å². The molecule has 0 spiro atoms. The molecule has 2 bridgehead atoms. The molecular weight excluding hydrogens is 328 g/mol. The Hall–Kier alpha value is -3.95. The van der Waals surface area contributed by atoms with Crippen molar-refractivity contribution < 1.29 is 19.1 Å². The van der Waals surface area contributed by atoms with E-state index in [0.29, 0.717) is 5.69 Å². The van der Waals surface area contributed by atoms with E-state index in [1.807, 2.05) is 0 Å². The molecule has 0 N–H and O–H groups in total. The first-order chi connectivity index (χ1) is 12.2. The van der Waals surface area contributed by atoms with Crippen LogP contribution in [0.3, 0.4) is 0 Å². The Morgan fingerprint density at radius 1 is 1.00 bits per heavy atom. The number of esters is 2. The van der Waals surface area contributed by atoms with Gasteiger partial charge < -0.3 is 9.47 Å². The molecule has 25 heavy (non-hydrogen) atoms. The molecule has 10 heteroatoms. The average molecular weight is 336 g/mol. The summed E-state index contributed by atoms with van der Waals surface area (Å²) in [5.74, 6) is -1.31. The van der Waals surface area contributed by atoms with Crippen LogP contribution in [0.15, 0.2) is 48.9 Å². The van der Waals surface area contributed by atoms with Gasteiger partial charge in [-0.15, -0.1) is 5.10 Å². The molecule has 1 aliphatic heterocycles. The molecule has 3 aromatic heterocycles. The number of hydrogen-bond acceptors (Lipinski definition) is 9. The monoisotopic (exact) mass is 336 g/mol. The molecule has 4 rings (SSSR count). The number of aromatic nitrogens is 6. The normalized spacial score (nSPS) is 14.7. The van der Waals surface area contributed by atoms with Gasteiger partial charge in [0, 0.05) is 30.6 Å². The Morgan fingerprint density at radius 3 is 2.64 bits per heavy atom. The van der Waals surface area contributed by atoms with Crippen LogP contribution < -0.4 is 9.47 Å². The second-order valence-electron chi connectivity index (χ2n) is 4.79. The first-order valence-electron chi connectivity index (χ1n) is 7.02. The van der Waals surface area contributed by atoms with Crippen LogP contribution in [0.1, 0.15) is 0 Å². The number of hydrogen-bond donors (Lipinski definition) is 0. The van der Waals surface area contributed by atoms with Crippen molar-refractivity contribution in [1.82, 2.24) is 30.2 Å². The van der Waals surface area contributed by atoms with Crippen LogP contribution in [0.4, 0.5) is 0 Å². The van der Waals surface area contributed by atoms with E-state index in [1.165, 1.54) is 16.9 Å². The highest BCUT2D eigenvalue weighted by atomic mass is 16.6. The molecule has 4 heterocycles. The van der Waals surface area contributed by atoms with Gasteiger partial charge in [0.2, 0.25) is 5.88 Å². The summed E-state index contributed by atoms with van der Waals surface area (Å²) < 4.78 is 11.8. The number of pyridine rings is 2. The zero-order valence-corrected chi connectivity index (χ0v) is 12.4. The maximum Gasteiger partial charge on any atom is 0.337 e. The zero-order chi connectivity index (χ0) is 17.2. The molecular formula is C15H8N6O4. The molecule has 0 fully saturated rings. The van der Waals surface area contributed by atoms with E-state index >= 15 is 0 Å². The van der Waals surface area contributed by atoms with Gasteiger partial charge in [-0.25, -0.2) is 14.6 Å². The van der Waals surface area contributed by atoms with Gasteiger partial charge >= 0.3 is 11.9 Å². The SMILES string of the molecule is O=C1/C=C/C(=O)Oc2nccc(c2-c2nnnn2-c2cccnc2)O1. The summed E-state index contributed by atoms with van der Waals surface area (Å²) in [5, 5.41) is 11.5. The van der Waals surface area contributed by atoms with E-state index in [-0.39, 0.29) is 23.0 Å². The molecule has 0 amide bonds. The molecule has 0 aromatic carbocycles. The highest BCUT2D eigenvalue weighted by molar-refractivity contribution is 5.95. The molecule has 0 unspecified atom stereocenters. The molecule has 0 saturated heterocycles. The molecule has 0 radical (unpaired) electrons. The van der Waals surface area contributed by atoms with Crippen LogP contribution >= 0.6 is 0 Å². The number of rotatable bonds is 2. The summed E-state index contributed by atoms with van der Waals surface area (Å²) >= 11 is 0. The van der Waals surface area contributed by atoms with Crippen LogP contribution in [0, 0.1) is 0 Å². The van der Waals surface area contributed by atoms with Crippen molar-refractivity contribution >= 4 is 11.9 Å². The van der Waals surface area contributed by atoms with E-state index in [2.05, 4.69) is 25.5 Å². The van der Waals surface area contributed by atoms with Gasteiger partial charge in [0.05, 0.1) is 11.9 Å². The summed E-state index contributed by atoms with van der Waals surface area (Å²) in [4.78, 5) is 31.6. The highest BCUT2D eigenvalue weighted by Gasteiger charge is 2.25.